The van der Waals surface area contributed by atoms with Crippen molar-refractivity contribution >= 4 is 28.5 Å². The smallest absolute Gasteiger partial charge is 0.311 e. The SMILES string of the molecule is CCOC(=O)C(C)(C)Cc1cc2cc(OCc3ccccc3)ccc2n1Cc1ccc(Cl)cc1. The summed E-state index contributed by atoms with van der Waals surface area (Å²) in [7, 11) is 0. The zero-order valence-corrected chi connectivity index (χ0v) is 20.6. The van der Waals surface area contributed by atoms with Crippen LogP contribution in [0.15, 0.2) is 78.9 Å². The van der Waals surface area contributed by atoms with E-state index in [2.05, 4.69) is 34.9 Å². The third kappa shape index (κ3) is 5.63. The molecule has 1 aromatic heterocycles. The van der Waals surface area contributed by atoms with Crippen molar-refractivity contribution in [2.24, 2.45) is 5.41 Å². The lowest BCUT2D eigenvalue weighted by Gasteiger charge is -2.23. The minimum Gasteiger partial charge on any atom is -0.489 e. The highest BCUT2D eigenvalue weighted by Crippen LogP contribution is 2.31. The predicted molar refractivity (Wildman–Crippen MR) is 137 cm³/mol. The number of fused-ring (bicyclic) bond motifs is 1. The van der Waals surface area contributed by atoms with Gasteiger partial charge in [-0.3, -0.25) is 4.79 Å². The van der Waals surface area contributed by atoms with E-state index in [1.165, 1.54) is 0 Å². The molecule has 0 N–H and O–H groups in total. The second-order valence-corrected chi connectivity index (χ2v) is 9.56. The molecule has 5 heteroatoms. The number of carbonyl (C=O) groups is 1. The molecule has 0 aliphatic heterocycles. The Morgan fingerprint density at radius 2 is 1.68 bits per heavy atom. The van der Waals surface area contributed by atoms with Crippen LogP contribution in [0.25, 0.3) is 10.9 Å². The van der Waals surface area contributed by atoms with E-state index in [1.54, 1.807) is 0 Å². The number of nitrogens with zero attached hydrogens (tertiary/aromatic N) is 1. The molecule has 34 heavy (non-hydrogen) atoms. The average Bonchev–Trinajstić information content (AvgIpc) is 3.15. The molecule has 4 aromatic rings. The number of rotatable bonds is 9. The quantitative estimate of drug-likeness (QED) is 0.243. The van der Waals surface area contributed by atoms with Crippen LogP contribution < -0.4 is 4.74 Å². The lowest BCUT2D eigenvalue weighted by atomic mass is 9.88. The van der Waals surface area contributed by atoms with E-state index in [0.717, 1.165) is 33.5 Å². The van der Waals surface area contributed by atoms with Gasteiger partial charge in [0, 0.05) is 34.6 Å². The van der Waals surface area contributed by atoms with Gasteiger partial charge in [-0.2, -0.15) is 0 Å². The van der Waals surface area contributed by atoms with Gasteiger partial charge in [-0.25, -0.2) is 0 Å². The molecule has 176 valence electrons. The molecule has 0 fully saturated rings. The van der Waals surface area contributed by atoms with E-state index in [-0.39, 0.29) is 5.97 Å². The fourth-order valence-electron chi connectivity index (χ4n) is 4.09. The van der Waals surface area contributed by atoms with Crippen molar-refractivity contribution in [2.45, 2.75) is 40.3 Å². The molecule has 3 aromatic carbocycles. The van der Waals surface area contributed by atoms with Crippen molar-refractivity contribution < 1.29 is 14.3 Å². The number of hydrogen-bond acceptors (Lipinski definition) is 3. The molecule has 0 amide bonds. The predicted octanol–water partition coefficient (Wildman–Crippen LogP) is 7.05. The summed E-state index contributed by atoms with van der Waals surface area (Å²) in [5, 5.41) is 1.79. The third-order valence-electron chi connectivity index (χ3n) is 5.91. The zero-order valence-electron chi connectivity index (χ0n) is 19.9. The van der Waals surface area contributed by atoms with Gasteiger partial charge in [-0.15, -0.1) is 0 Å². The minimum absolute atomic E-state index is 0.190. The van der Waals surface area contributed by atoms with Gasteiger partial charge >= 0.3 is 5.97 Å². The van der Waals surface area contributed by atoms with Crippen molar-refractivity contribution in [3.8, 4) is 5.75 Å². The van der Waals surface area contributed by atoms with Gasteiger partial charge < -0.3 is 14.0 Å². The number of halogens is 1. The first kappa shape index (κ1) is 23.9. The van der Waals surface area contributed by atoms with Gasteiger partial charge in [0.1, 0.15) is 12.4 Å². The first-order chi connectivity index (χ1) is 16.4. The fourth-order valence-corrected chi connectivity index (χ4v) is 4.22. The van der Waals surface area contributed by atoms with Gasteiger partial charge in [0.2, 0.25) is 0 Å². The normalized spacial score (nSPS) is 11.5. The van der Waals surface area contributed by atoms with E-state index in [0.29, 0.717) is 31.2 Å². The molecule has 0 radical (unpaired) electrons. The standard InChI is InChI=1S/C29H30ClNO3/c1-4-33-28(32)29(2,3)18-25-16-23-17-26(34-20-22-8-6-5-7-9-22)14-15-27(23)31(25)19-21-10-12-24(30)13-11-21/h5-17H,4,18-20H2,1-3H3. The Bertz CT molecular complexity index is 1260. The van der Waals surface area contributed by atoms with Crippen LogP contribution in [-0.2, 0) is 29.1 Å². The molecule has 0 saturated heterocycles. The van der Waals surface area contributed by atoms with Crippen LogP contribution >= 0.6 is 11.6 Å². The van der Waals surface area contributed by atoms with Crippen molar-refractivity contribution in [1.82, 2.24) is 4.57 Å². The molecule has 0 saturated carbocycles. The maximum atomic E-state index is 12.6. The third-order valence-corrected chi connectivity index (χ3v) is 6.16. The van der Waals surface area contributed by atoms with Crippen LogP contribution in [0.5, 0.6) is 5.75 Å². The second kappa shape index (κ2) is 10.4. The Balaban J connectivity index is 1.67. The summed E-state index contributed by atoms with van der Waals surface area (Å²) in [4.78, 5) is 12.6. The Morgan fingerprint density at radius 3 is 2.38 bits per heavy atom. The average molecular weight is 476 g/mol. The Hall–Kier alpha value is -3.24. The summed E-state index contributed by atoms with van der Waals surface area (Å²) < 4.78 is 13.7. The van der Waals surface area contributed by atoms with Crippen molar-refractivity contribution in [3.05, 3.63) is 101 Å². The van der Waals surface area contributed by atoms with Crippen molar-refractivity contribution in [2.75, 3.05) is 6.61 Å². The lowest BCUT2D eigenvalue weighted by molar-refractivity contribution is -0.153. The van der Waals surface area contributed by atoms with Crippen molar-refractivity contribution in [3.63, 3.8) is 0 Å². The summed E-state index contributed by atoms with van der Waals surface area (Å²) in [5.74, 6) is 0.626. The van der Waals surface area contributed by atoms with E-state index in [4.69, 9.17) is 21.1 Å². The fraction of sp³-hybridized carbons (Fsp3) is 0.276. The summed E-state index contributed by atoms with van der Waals surface area (Å²) in [5.41, 5.74) is 3.79. The van der Waals surface area contributed by atoms with Gasteiger partial charge in [-0.1, -0.05) is 54.1 Å². The highest BCUT2D eigenvalue weighted by molar-refractivity contribution is 6.30. The summed E-state index contributed by atoms with van der Waals surface area (Å²) in [6.07, 6.45) is 0.564. The first-order valence-corrected chi connectivity index (χ1v) is 11.9. The topological polar surface area (TPSA) is 40.5 Å². The van der Waals surface area contributed by atoms with Gasteiger partial charge in [-0.05, 0) is 68.3 Å². The monoisotopic (exact) mass is 475 g/mol. The molecule has 0 aliphatic carbocycles. The van der Waals surface area contributed by atoms with Crippen LogP contribution in [0, 0.1) is 5.41 Å². The van der Waals surface area contributed by atoms with Gasteiger partial charge in [0.15, 0.2) is 0 Å². The Labute approximate surface area is 206 Å². The molecule has 0 atom stereocenters. The highest BCUT2D eigenvalue weighted by atomic mass is 35.5. The summed E-state index contributed by atoms with van der Waals surface area (Å²) >= 11 is 6.09. The first-order valence-electron chi connectivity index (χ1n) is 11.6. The molecule has 0 spiro atoms. The zero-order chi connectivity index (χ0) is 24.1. The largest absolute Gasteiger partial charge is 0.489 e. The van der Waals surface area contributed by atoms with Crippen LogP contribution in [0.1, 0.15) is 37.6 Å². The van der Waals surface area contributed by atoms with Gasteiger partial charge in [0.25, 0.3) is 0 Å². The van der Waals surface area contributed by atoms with E-state index in [1.807, 2.05) is 69.3 Å². The number of esters is 1. The lowest BCUT2D eigenvalue weighted by Crippen LogP contribution is -2.30. The van der Waals surface area contributed by atoms with E-state index in [9.17, 15) is 4.79 Å². The molecule has 0 bridgehead atoms. The van der Waals surface area contributed by atoms with Crippen LogP contribution in [-0.4, -0.2) is 17.1 Å². The number of carbonyl (C=O) groups excluding carboxylic acids is 1. The number of aromatic nitrogens is 1. The number of ether oxygens (including phenoxy) is 2. The van der Waals surface area contributed by atoms with E-state index >= 15 is 0 Å². The maximum Gasteiger partial charge on any atom is 0.311 e. The summed E-state index contributed by atoms with van der Waals surface area (Å²) in [6, 6.07) is 26.3. The Kier molecular flexibility index (Phi) is 7.28. The van der Waals surface area contributed by atoms with Crippen LogP contribution in [0.2, 0.25) is 5.02 Å². The molecule has 0 unspecified atom stereocenters. The van der Waals surface area contributed by atoms with Crippen molar-refractivity contribution in [1.29, 1.82) is 0 Å². The minimum atomic E-state index is -0.644. The summed E-state index contributed by atoms with van der Waals surface area (Å²) in [6.45, 7) is 7.27. The maximum absolute atomic E-state index is 12.6. The molecular weight excluding hydrogens is 446 g/mol. The molecule has 1 heterocycles. The van der Waals surface area contributed by atoms with Crippen LogP contribution in [0.4, 0.5) is 0 Å². The molecular formula is C29H30ClNO3. The molecule has 0 aliphatic rings. The van der Waals surface area contributed by atoms with E-state index < -0.39 is 5.41 Å². The van der Waals surface area contributed by atoms with Crippen LogP contribution in [0.3, 0.4) is 0 Å². The molecule has 4 nitrogen and oxygen atoms in total. The Morgan fingerprint density at radius 1 is 0.941 bits per heavy atom. The molecule has 4 rings (SSSR count). The highest BCUT2D eigenvalue weighted by Gasteiger charge is 2.31. The number of hydrogen-bond donors (Lipinski definition) is 0. The number of benzene rings is 3. The second-order valence-electron chi connectivity index (χ2n) is 9.12. The van der Waals surface area contributed by atoms with Gasteiger partial charge in [0.05, 0.1) is 12.0 Å².